The third kappa shape index (κ3) is 3.59. The van der Waals surface area contributed by atoms with Gasteiger partial charge in [-0.25, -0.2) is 9.59 Å². The van der Waals surface area contributed by atoms with Crippen molar-refractivity contribution in [1.82, 2.24) is 15.1 Å². The molecule has 1 amide bonds. The van der Waals surface area contributed by atoms with Crippen molar-refractivity contribution in [3.8, 4) is 0 Å². The predicted octanol–water partition coefficient (Wildman–Crippen LogP) is 2.43. The van der Waals surface area contributed by atoms with E-state index in [-0.39, 0.29) is 24.4 Å². The molecular weight excluding hydrogens is 312 g/mol. The summed E-state index contributed by atoms with van der Waals surface area (Å²) in [7, 11) is 0. The van der Waals surface area contributed by atoms with Gasteiger partial charge in [-0.1, -0.05) is 0 Å². The molecule has 0 spiro atoms. The number of alkyl halides is 2. The van der Waals surface area contributed by atoms with Gasteiger partial charge in [-0.2, -0.15) is 13.9 Å². The lowest BCUT2D eigenvalue weighted by Crippen LogP contribution is -2.46. The van der Waals surface area contributed by atoms with Crippen LogP contribution in [-0.2, 0) is 21.9 Å². The van der Waals surface area contributed by atoms with Crippen molar-refractivity contribution in [2.24, 2.45) is 0 Å². The second kappa shape index (κ2) is 5.78. The van der Waals surface area contributed by atoms with E-state index >= 15 is 0 Å². The Morgan fingerprint density at radius 2 is 2.04 bits per heavy atom. The zero-order chi connectivity index (χ0) is 17.4. The number of hydrogen-bond acceptors (Lipinski definition) is 5. The Bertz CT molecular complexity index is 622. The lowest BCUT2D eigenvalue weighted by molar-refractivity contribution is -0.0620. The number of fused-ring (bicyclic) bond motifs is 1. The van der Waals surface area contributed by atoms with Crippen LogP contribution in [0.15, 0.2) is 0 Å². The molecule has 0 atom stereocenters. The fourth-order valence-electron chi connectivity index (χ4n) is 2.21. The monoisotopic (exact) mass is 331 g/mol. The van der Waals surface area contributed by atoms with Crippen LogP contribution in [0.1, 0.15) is 49.4 Å². The normalized spacial score (nSPS) is 16.7. The van der Waals surface area contributed by atoms with Gasteiger partial charge in [0.15, 0.2) is 5.69 Å². The number of hydrogen-bond donors (Lipinski definition) is 1. The zero-order valence-electron chi connectivity index (χ0n) is 13.4. The molecule has 1 aliphatic rings. The standard InChI is InChI=1S/C14H19F2N3O4/c1-5-22-11(20)9-8-6-19(12(21)23-13(2,3)4)7-14(15,16)10(8)18-17-9/h5-7H2,1-4H3,(H,17,18). The molecule has 0 radical (unpaired) electrons. The van der Waals surface area contributed by atoms with Gasteiger partial charge in [-0.15, -0.1) is 0 Å². The molecule has 2 heterocycles. The van der Waals surface area contributed by atoms with Gasteiger partial charge >= 0.3 is 18.0 Å². The highest BCUT2D eigenvalue weighted by atomic mass is 19.3. The van der Waals surface area contributed by atoms with E-state index in [9.17, 15) is 18.4 Å². The molecule has 23 heavy (non-hydrogen) atoms. The fraction of sp³-hybridized carbons (Fsp3) is 0.643. The van der Waals surface area contributed by atoms with E-state index in [1.807, 2.05) is 0 Å². The first-order valence-corrected chi connectivity index (χ1v) is 7.15. The smallest absolute Gasteiger partial charge is 0.410 e. The maximum absolute atomic E-state index is 14.2. The average molecular weight is 331 g/mol. The van der Waals surface area contributed by atoms with E-state index in [4.69, 9.17) is 9.47 Å². The summed E-state index contributed by atoms with van der Waals surface area (Å²) in [6, 6.07) is 0. The number of esters is 1. The predicted molar refractivity (Wildman–Crippen MR) is 75.1 cm³/mol. The molecule has 0 saturated carbocycles. The molecule has 1 aromatic rings. The van der Waals surface area contributed by atoms with Gasteiger partial charge in [0.2, 0.25) is 0 Å². The van der Waals surface area contributed by atoms with Gasteiger partial charge in [0.05, 0.1) is 19.7 Å². The van der Waals surface area contributed by atoms with Crippen LogP contribution in [0, 0.1) is 0 Å². The second-order valence-corrected chi connectivity index (χ2v) is 6.19. The fourth-order valence-corrected chi connectivity index (χ4v) is 2.21. The van der Waals surface area contributed by atoms with Crippen molar-refractivity contribution < 1.29 is 27.8 Å². The molecule has 0 unspecified atom stereocenters. The van der Waals surface area contributed by atoms with Gasteiger partial charge in [-0.05, 0) is 27.7 Å². The van der Waals surface area contributed by atoms with E-state index in [0.29, 0.717) is 0 Å². The van der Waals surface area contributed by atoms with E-state index < -0.39 is 35.8 Å². The lowest BCUT2D eigenvalue weighted by atomic mass is 10.0. The number of rotatable bonds is 2. The summed E-state index contributed by atoms with van der Waals surface area (Å²) < 4.78 is 38.4. The molecule has 2 rings (SSSR count). The number of halogens is 2. The molecule has 1 N–H and O–H groups in total. The first-order chi connectivity index (χ1) is 10.5. The Hall–Kier alpha value is -2.19. The van der Waals surface area contributed by atoms with Crippen molar-refractivity contribution in [2.45, 2.75) is 45.8 Å². The van der Waals surface area contributed by atoms with Gasteiger partial charge in [-0.3, -0.25) is 10.00 Å². The van der Waals surface area contributed by atoms with Gasteiger partial charge < -0.3 is 9.47 Å². The van der Waals surface area contributed by atoms with E-state index in [0.717, 1.165) is 4.90 Å². The van der Waals surface area contributed by atoms with E-state index in [1.165, 1.54) is 0 Å². The van der Waals surface area contributed by atoms with Crippen molar-refractivity contribution in [1.29, 1.82) is 0 Å². The summed E-state index contributed by atoms with van der Waals surface area (Å²) in [5, 5.41) is 5.81. The molecule has 0 aromatic carbocycles. The summed E-state index contributed by atoms with van der Waals surface area (Å²) >= 11 is 0. The van der Waals surface area contributed by atoms with Gasteiger partial charge in [0.1, 0.15) is 11.3 Å². The largest absolute Gasteiger partial charge is 0.461 e. The highest BCUT2D eigenvalue weighted by Gasteiger charge is 2.46. The molecule has 1 aliphatic heterocycles. The topological polar surface area (TPSA) is 84.5 Å². The number of aromatic amines is 1. The third-order valence-electron chi connectivity index (χ3n) is 3.09. The number of nitrogens with zero attached hydrogens (tertiary/aromatic N) is 2. The van der Waals surface area contributed by atoms with Crippen LogP contribution in [0.5, 0.6) is 0 Å². The number of carbonyl (C=O) groups is 2. The van der Waals surface area contributed by atoms with Gasteiger partial charge in [0.25, 0.3) is 0 Å². The Morgan fingerprint density at radius 3 is 2.61 bits per heavy atom. The molecule has 128 valence electrons. The van der Waals surface area contributed by atoms with Crippen LogP contribution in [0.25, 0.3) is 0 Å². The number of nitrogens with one attached hydrogen (secondary N) is 1. The van der Waals surface area contributed by atoms with Crippen LogP contribution in [0.4, 0.5) is 13.6 Å². The molecule has 0 fully saturated rings. The highest BCUT2D eigenvalue weighted by Crippen LogP contribution is 2.37. The number of amides is 1. The quantitative estimate of drug-likeness (QED) is 0.841. The zero-order valence-corrected chi connectivity index (χ0v) is 13.4. The number of aromatic nitrogens is 2. The van der Waals surface area contributed by atoms with Crippen molar-refractivity contribution in [2.75, 3.05) is 13.2 Å². The average Bonchev–Trinajstić information content (AvgIpc) is 2.81. The Morgan fingerprint density at radius 1 is 1.39 bits per heavy atom. The van der Waals surface area contributed by atoms with E-state index in [1.54, 1.807) is 27.7 Å². The molecule has 9 heteroatoms. The van der Waals surface area contributed by atoms with Gasteiger partial charge in [0, 0.05) is 5.56 Å². The second-order valence-electron chi connectivity index (χ2n) is 6.19. The third-order valence-corrected chi connectivity index (χ3v) is 3.09. The van der Waals surface area contributed by atoms with Crippen LogP contribution >= 0.6 is 0 Å². The van der Waals surface area contributed by atoms with Crippen LogP contribution in [0.3, 0.4) is 0 Å². The summed E-state index contributed by atoms with van der Waals surface area (Å²) in [6.07, 6.45) is -0.876. The van der Waals surface area contributed by atoms with Crippen molar-refractivity contribution >= 4 is 12.1 Å². The molecular formula is C14H19F2N3O4. The van der Waals surface area contributed by atoms with Crippen molar-refractivity contribution in [3.63, 3.8) is 0 Å². The molecule has 0 bridgehead atoms. The number of ether oxygens (including phenoxy) is 2. The minimum Gasteiger partial charge on any atom is -0.461 e. The molecule has 1 aromatic heterocycles. The summed E-state index contributed by atoms with van der Waals surface area (Å²) in [5.74, 6) is -4.17. The van der Waals surface area contributed by atoms with Crippen LogP contribution in [0.2, 0.25) is 0 Å². The Kier molecular flexibility index (Phi) is 4.32. The highest BCUT2D eigenvalue weighted by molar-refractivity contribution is 5.89. The maximum Gasteiger partial charge on any atom is 0.410 e. The van der Waals surface area contributed by atoms with Crippen LogP contribution < -0.4 is 0 Å². The lowest BCUT2D eigenvalue weighted by Gasteiger charge is -2.33. The van der Waals surface area contributed by atoms with Crippen LogP contribution in [-0.4, -0.2) is 45.9 Å². The first-order valence-electron chi connectivity index (χ1n) is 7.15. The minimum absolute atomic E-state index is 0.0504. The first kappa shape index (κ1) is 17.2. The summed E-state index contributed by atoms with van der Waals surface area (Å²) in [4.78, 5) is 24.7. The summed E-state index contributed by atoms with van der Waals surface area (Å²) in [6.45, 7) is 5.55. The molecule has 7 nitrogen and oxygen atoms in total. The van der Waals surface area contributed by atoms with E-state index in [2.05, 4.69) is 10.2 Å². The minimum atomic E-state index is -3.36. The van der Waals surface area contributed by atoms with Crippen molar-refractivity contribution in [3.05, 3.63) is 17.0 Å². The SMILES string of the molecule is CCOC(=O)c1n[nH]c2c1CN(C(=O)OC(C)(C)C)CC2(F)F. The Balaban J connectivity index is 2.32. The molecule has 0 saturated heterocycles. The number of carbonyl (C=O) groups excluding carboxylic acids is 2. The Labute approximate surface area is 131 Å². The maximum atomic E-state index is 14.2. The summed E-state index contributed by atoms with van der Waals surface area (Å²) in [5.41, 5.74) is -1.58. The number of H-pyrrole nitrogens is 1. The molecule has 0 aliphatic carbocycles.